The standard InChI is InChI=1S/C11H7N3O2S/c12-4-1-8-9(11(15)16)14-10(17-8)7-2-5-13-6-3-7/h2-3,5-6H,1H2,(H,15,16). The number of hydrogen-bond donors (Lipinski definition) is 1. The van der Waals surface area contributed by atoms with Crippen molar-refractivity contribution < 1.29 is 9.90 Å². The van der Waals surface area contributed by atoms with E-state index in [0.717, 1.165) is 5.56 Å². The third-order valence-electron chi connectivity index (χ3n) is 2.07. The van der Waals surface area contributed by atoms with Crippen LogP contribution in [0.1, 0.15) is 15.4 Å². The molecular formula is C11H7N3O2S. The van der Waals surface area contributed by atoms with Crippen molar-refractivity contribution in [3.05, 3.63) is 35.1 Å². The van der Waals surface area contributed by atoms with Crippen molar-refractivity contribution >= 4 is 17.3 Å². The first kappa shape index (κ1) is 11.2. The minimum Gasteiger partial charge on any atom is -0.476 e. The number of aromatic carboxylic acids is 1. The van der Waals surface area contributed by atoms with E-state index in [0.29, 0.717) is 9.88 Å². The van der Waals surface area contributed by atoms with Gasteiger partial charge >= 0.3 is 5.97 Å². The number of aromatic nitrogens is 2. The summed E-state index contributed by atoms with van der Waals surface area (Å²) >= 11 is 1.22. The van der Waals surface area contributed by atoms with E-state index in [-0.39, 0.29) is 12.1 Å². The van der Waals surface area contributed by atoms with Crippen LogP contribution in [0.15, 0.2) is 24.5 Å². The maximum Gasteiger partial charge on any atom is 0.355 e. The van der Waals surface area contributed by atoms with Gasteiger partial charge in [0.1, 0.15) is 5.01 Å². The zero-order valence-corrected chi connectivity index (χ0v) is 9.44. The van der Waals surface area contributed by atoms with Crippen molar-refractivity contribution in [2.24, 2.45) is 0 Å². The number of hydrogen-bond acceptors (Lipinski definition) is 5. The minimum absolute atomic E-state index is 0.0386. The van der Waals surface area contributed by atoms with Gasteiger partial charge in [0.05, 0.1) is 17.4 Å². The molecule has 1 N–H and O–H groups in total. The molecule has 2 heterocycles. The molecular weight excluding hydrogens is 238 g/mol. The van der Waals surface area contributed by atoms with E-state index >= 15 is 0 Å². The molecule has 0 unspecified atom stereocenters. The molecule has 0 aliphatic heterocycles. The quantitative estimate of drug-likeness (QED) is 0.893. The average Bonchev–Trinajstić information content (AvgIpc) is 2.75. The molecule has 0 atom stereocenters. The molecule has 0 fully saturated rings. The lowest BCUT2D eigenvalue weighted by atomic mass is 10.3. The molecule has 0 aliphatic carbocycles. The average molecular weight is 245 g/mol. The van der Waals surface area contributed by atoms with E-state index in [2.05, 4.69) is 9.97 Å². The molecule has 2 rings (SSSR count). The molecule has 0 spiro atoms. The molecule has 84 valence electrons. The van der Waals surface area contributed by atoms with Crippen molar-refractivity contribution in [1.82, 2.24) is 9.97 Å². The van der Waals surface area contributed by atoms with Gasteiger partial charge in [-0.3, -0.25) is 4.98 Å². The fraction of sp³-hybridized carbons (Fsp3) is 0.0909. The largest absolute Gasteiger partial charge is 0.476 e. The van der Waals surface area contributed by atoms with Crippen LogP contribution in [-0.2, 0) is 6.42 Å². The molecule has 0 saturated carbocycles. The van der Waals surface area contributed by atoms with Crippen molar-refractivity contribution in [2.45, 2.75) is 6.42 Å². The first-order chi connectivity index (χ1) is 8.22. The van der Waals surface area contributed by atoms with Crippen LogP contribution in [0.2, 0.25) is 0 Å². The molecule has 2 aromatic heterocycles. The molecule has 0 saturated heterocycles. The second kappa shape index (κ2) is 4.72. The van der Waals surface area contributed by atoms with E-state index in [1.165, 1.54) is 11.3 Å². The monoisotopic (exact) mass is 245 g/mol. The number of nitriles is 1. The van der Waals surface area contributed by atoms with Crippen LogP contribution >= 0.6 is 11.3 Å². The zero-order chi connectivity index (χ0) is 12.3. The van der Waals surface area contributed by atoms with Crippen LogP contribution in [0.25, 0.3) is 10.6 Å². The molecule has 17 heavy (non-hydrogen) atoms. The number of thiazole rings is 1. The van der Waals surface area contributed by atoms with E-state index in [1.807, 2.05) is 6.07 Å². The molecule has 0 bridgehead atoms. The highest BCUT2D eigenvalue weighted by Gasteiger charge is 2.17. The van der Waals surface area contributed by atoms with Crippen LogP contribution < -0.4 is 0 Å². The summed E-state index contributed by atoms with van der Waals surface area (Å²) in [6, 6.07) is 5.44. The van der Waals surface area contributed by atoms with E-state index in [1.54, 1.807) is 24.5 Å². The number of carboxylic acids is 1. The lowest BCUT2D eigenvalue weighted by molar-refractivity contribution is 0.0690. The summed E-state index contributed by atoms with van der Waals surface area (Å²) in [5.74, 6) is -1.10. The Hall–Kier alpha value is -2.26. The molecule has 2 aromatic rings. The Bertz CT molecular complexity index is 587. The van der Waals surface area contributed by atoms with Gasteiger partial charge in [-0.15, -0.1) is 11.3 Å². The van der Waals surface area contributed by atoms with Gasteiger partial charge in [-0.05, 0) is 12.1 Å². The third kappa shape index (κ3) is 2.29. The van der Waals surface area contributed by atoms with Gasteiger partial charge in [-0.2, -0.15) is 5.26 Å². The second-order valence-electron chi connectivity index (χ2n) is 3.17. The van der Waals surface area contributed by atoms with Gasteiger partial charge in [0.2, 0.25) is 0 Å². The molecule has 0 amide bonds. The Morgan fingerprint density at radius 1 is 1.47 bits per heavy atom. The summed E-state index contributed by atoms with van der Waals surface area (Å²) in [7, 11) is 0. The topological polar surface area (TPSA) is 86.9 Å². The summed E-state index contributed by atoms with van der Waals surface area (Å²) in [5, 5.41) is 18.2. The Balaban J connectivity index is 2.48. The first-order valence-electron chi connectivity index (χ1n) is 4.72. The Morgan fingerprint density at radius 3 is 2.76 bits per heavy atom. The van der Waals surface area contributed by atoms with Gasteiger partial charge in [0, 0.05) is 18.0 Å². The number of rotatable bonds is 3. The van der Waals surface area contributed by atoms with Crippen molar-refractivity contribution in [2.75, 3.05) is 0 Å². The maximum atomic E-state index is 11.0. The lowest BCUT2D eigenvalue weighted by Crippen LogP contribution is -2.00. The van der Waals surface area contributed by atoms with Crippen LogP contribution in [0, 0.1) is 11.3 Å². The van der Waals surface area contributed by atoms with Gasteiger partial charge < -0.3 is 5.11 Å². The van der Waals surface area contributed by atoms with Crippen LogP contribution in [-0.4, -0.2) is 21.0 Å². The summed E-state index contributed by atoms with van der Waals surface area (Å²) in [6.07, 6.45) is 3.28. The highest BCUT2D eigenvalue weighted by molar-refractivity contribution is 7.15. The SMILES string of the molecule is N#CCc1sc(-c2ccncc2)nc1C(=O)O. The van der Waals surface area contributed by atoms with Gasteiger partial charge in [-0.1, -0.05) is 0 Å². The third-order valence-corrected chi connectivity index (χ3v) is 3.17. The van der Waals surface area contributed by atoms with E-state index in [9.17, 15) is 4.79 Å². The van der Waals surface area contributed by atoms with Crippen molar-refractivity contribution in [3.63, 3.8) is 0 Å². The lowest BCUT2D eigenvalue weighted by Gasteiger charge is -1.92. The number of carbonyl (C=O) groups is 1. The van der Waals surface area contributed by atoms with Crippen LogP contribution in [0.3, 0.4) is 0 Å². The smallest absolute Gasteiger partial charge is 0.355 e. The normalized spacial score (nSPS) is 9.82. The Morgan fingerprint density at radius 2 is 2.18 bits per heavy atom. The highest BCUT2D eigenvalue weighted by atomic mass is 32.1. The van der Waals surface area contributed by atoms with Gasteiger partial charge in [0.25, 0.3) is 0 Å². The number of nitrogens with zero attached hydrogens (tertiary/aromatic N) is 3. The van der Waals surface area contributed by atoms with Crippen LogP contribution in [0.5, 0.6) is 0 Å². The van der Waals surface area contributed by atoms with Crippen LogP contribution in [0.4, 0.5) is 0 Å². The molecule has 0 radical (unpaired) electrons. The number of carboxylic acid groups (broad SMARTS) is 1. The number of pyridine rings is 1. The minimum atomic E-state index is -1.10. The predicted molar refractivity (Wildman–Crippen MR) is 61.6 cm³/mol. The van der Waals surface area contributed by atoms with E-state index in [4.69, 9.17) is 10.4 Å². The Labute approximate surface area is 101 Å². The maximum absolute atomic E-state index is 11.0. The Kier molecular flexibility index (Phi) is 3.12. The van der Waals surface area contributed by atoms with Gasteiger partial charge in [-0.25, -0.2) is 9.78 Å². The summed E-state index contributed by atoms with van der Waals surface area (Å²) in [4.78, 5) is 19.4. The molecule has 0 aromatic carbocycles. The van der Waals surface area contributed by atoms with Crippen molar-refractivity contribution in [3.8, 4) is 16.6 Å². The first-order valence-corrected chi connectivity index (χ1v) is 5.54. The molecule has 5 nitrogen and oxygen atoms in total. The molecule has 0 aliphatic rings. The fourth-order valence-corrected chi connectivity index (χ4v) is 2.32. The van der Waals surface area contributed by atoms with E-state index < -0.39 is 5.97 Å². The summed E-state index contributed by atoms with van der Waals surface area (Å²) in [5.41, 5.74) is 0.764. The molecule has 6 heteroatoms. The summed E-state index contributed by atoms with van der Waals surface area (Å²) in [6.45, 7) is 0. The highest BCUT2D eigenvalue weighted by Crippen LogP contribution is 2.28. The zero-order valence-electron chi connectivity index (χ0n) is 8.62. The summed E-state index contributed by atoms with van der Waals surface area (Å²) < 4.78 is 0. The second-order valence-corrected chi connectivity index (χ2v) is 4.25. The van der Waals surface area contributed by atoms with Gasteiger partial charge in [0.15, 0.2) is 5.69 Å². The predicted octanol–water partition coefficient (Wildman–Crippen LogP) is 1.97. The van der Waals surface area contributed by atoms with Crippen molar-refractivity contribution in [1.29, 1.82) is 5.26 Å². The fourth-order valence-electron chi connectivity index (χ4n) is 1.33.